The van der Waals surface area contributed by atoms with Gasteiger partial charge in [0.25, 0.3) is 0 Å². The van der Waals surface area contributed by atoms with E-state index in [-0.39, 0.29) is 17.0 Å². The average Bonchev–Trinajstić information content (AvgIpc) is 3.65. The molecule has 0 unspecified atom stereocenters. The number of allylic oxidation sites excluding steroid dienone is 2. The highest BCUT2D eigenvalue weighted by molar-refractivity contribution is 6.39. The van der Waals surface area contributed by atoms with Crippen molar-refractivity contribution in [3.63, 3.8) is 0 Å². The number of carbonyl (C=O) groups excluding carboxylic acids is 4. The van der Waals surface area contributed by atoms with Crippen LogP contribution >= 0.6 is 0 Å². The number of aryl methyl sites for hydroxylation is 2. The van der Waals surface area contributed by atoms with Crippen LogP contribution in [0.1, 0.15) is 57.6 Å². The third kappa shape index (κ3) is 4.42. The number of hydrogen-bond acceptors (Lipinski definition) is 5. The van der Waals surface area contributed by atoms with Gasteiger partial charge in [-0.05, 0) is 73.2 Å². The van der Waals surface area contributed by atoms with Crippen molar-refractivity contribution in [3.05, 3.63) is 172 Å². The van der Waals surface area contributed by atoms with Gasteiger partial charge in [-0.1, -0.05) is 132 Å². The number of para-hydroxylation sites is 1. The molecule has 3 aliphatic rings. The van der Waals surface area contributed by atoms with E-state index in [1.54, 1.807) is 38.1 Å². The van der Waals surface area contributed by atoms with E-state index in [1.807, 2.05) is 123 Å². The van der Waals surface area contributed by atoms with Crippen molar-refractivity contribution in [2.24, 2.45) is 11.8 Å². The molecule has 6 heteroatoms. The Morgan fingerprint density at radius 2 is 1.00 bits per heavy atom. The molecule has 0 spiro atoms. The van der Waals surface area contributed by atoms with Crippen LogP contribution in [0.3, 0.4) is 0 Å². The molecule has 0 N–H and O–H groups in total. The minimum Gasteiger partial charge on any atom is -0.459 e. The molecule has 2 bridgehead atoms. The maximum Gasteiger partial charge on any atom is 0.340 e. The largest absolute Gasteiger partial charge is 0.459 e. The molecular formula is C45H37NO5. The quantitative estimate of drug-likeness (QED) is 0.129. The summed E-state index contributed by atoms with van der Waals surface area (Å²) in [7, 11) is 0. The van der Waals surface area contributed by atoms with E-state index in [2.05, 4.69) is 0 Å². The van der Waals surface area contributed by atoms with E-state index in [0.717, 1.165) is 38.3 Å². The lowest BCUT2D eigenvalue weighted by molar-refractivity contribution is -0.130. The van der Waals surface area contributed by atoms with Crippen LogP contribution in [0.5, 0.6) is 0 Å². The van der Waals surface area contributed by atoms with Crippen LogP contribution in [0, 0.1) is 25.7 Å². The fourth-order valence-corrected chi connectivity index (χ4v) is 8.92. The van der Waals surface area contributed by atoms with Crippen LogP contribution in [0.4, 0.5) is 5.69 Å². The zero-order chi connectivity index (χ0) is 35.7. The summed E-state index contributed by atoms with van der Waals surface area (Å²) in [5.41, 5.74) is 3.67. The Morgan fingerprint density at radius 3 is 1.43 bits per heavy atom. The molecule has 5 aromatic rings. The molecule has 1 saturated heterocycles. The Labute approximate surface area is 297 Å². The number of anilines is 1. The van der Waals surface area contributed by atoms with Gasteiger partial charge >= 0.3 is 5.97 Å². The molecule has 6 nitrogen and oxygen atoms in total. The Bertz CT molecular complexity index is 2130. The summed E-state index contributed by atoms with van der Waals surface area (Å²) in [5.74, 6) is -4.05. The van der Waals surface area contributed by atoms with E-state index < -0.39 is 46.6 Å². The highest BCUT2D eigenvalue weighted by Gasteiger charge is 2.82. The Balaban J connectivity index is 1.51. The lowest BCUT2D eigenvalue weighted by Crippen LogP contribution is -2.46. The summed E-state index contributed by atoms with van der Waals surface area (Å²) in [4.78, 5) is 61.5. The third-order valence-corrected chi connectivity index (χ3v) is 10.8. The number of fused-ring (bicyclic) bond motifs is 5. The second kappa shape index (κ2) is 11.9. The number of rotatable bonds is 7. The van der Waals surface area contributed by atoms with E-state index >= 15 is 14.4 Å². The maximum absolute atomic E-state index is 16.1. The molecule has 8 rings (SSSR count). The van der Waals surface area contributed by atoms with Gasteiger partial charge in [0.15, 0.2) is 5.78 Å². The van der Waals surface area contributed by atoms with E-state index in [4.69, 9.17) is 4.74 Å². The molecule has 1 saturated carbocycles. The molecule has 0 aromatic heterocycles. The van der Waals surface area contributed by atoms with E-state index in [0.29, 0.717) is 11.1 Å². The molecule has 5 aromatic carbocycles. The summed E-state index contributed by atoms with van der Waals surface area (Å²) in [5, 5.41) is 0. The average molecular weight is 672 g/mol. The number of nitrogens with zero attached hydrogens (tertiary/aromatic N) is 1. The first kappa shape index (κ1) is 32.3. The van der Waals surface area contributed by atoms with Crippen molar-refractivity contribution in [1.29, 1.82) is 0 Å². The van der Waals surface area contributed by atoms with Crippen LogP contribution in [-0.4, -0.2) is 29.7 Å². The predicted octanol–water partition coefficient (Wildman–Crippen LogP) is 8.06. The fourth-order valence-electron chi connectivity index (χ4n) is 8.92. The number of Topliss-reactive ketones (excluding diaryl/α,β-unsaturated/α-hetero) is 1. The molecule has 2 amide bonds. The number of ketones is 1. The molecule has 2 fully saturated rings. The van der Waals surface area contributed by atoms with Crippen molar-refractivity contribution in [1.82, 2.24) is 0 Å². The molecule has 1 heterocycles. The first-order valence-corrected chi connectivity index (χ1v) is 17.4. The van der Waals surface area contributed by atoms with Crippen molar-refractivity contribution in [2.75, 3.05) is 4.90 Å². The molecule has 252 valence electrons. The Hall–Kier alpha value is -5.88. The highest BCUT2D eigenvalue weighted by atomic mass is 16.5. The molecule has 1 aliphatic heterocycles. The summed E-state index contributed by atoms with van der Waals surface area (Å²) in [6.45, 7) is 7.52. The van der Waals surface area contributed by atoms with Crippen LogP contribution in [0.2, 0.25) is 0 Å². The summed E-state index contributed by atoms with van der Waals surface area (Å²) >= 11 is 0. The van der Waals surface area contributed by atoms with Gasteiger partial charge in [-0.25, -0.2) is 9.69 Å². The minimum absolute atomic E-state index is 0.111. The highest BCUT2D eigenvalue weighted by Crippen LogP contribution is 2.74. The molecule has 51 heavy (non-hydrogen) atoms. The number of esters is 1. The maximum atomic E-state index is 16.1. The van der Waals surface area contributed by atoms with Crippen LogP contribution < -0.4 is 4.90 Å². The number of amides is 2. The van der Waals surface area contributed by atoms with Crippen LogP contribution in [0.15, 0.2) is 133 Å². The van der Waals surface area contributed by atoms with Crippen molar-refractivity contribution < 1.29 is 23.9 Å². The lowest BCUT2D eigenvalue weighted by atomic mass is 9.59. The topological polar surface area (TPSA) is 80.8 Å². The van der Waals surface area contributed by atoms with Gasteiger partial charge in [0, 0.05) is 0 Å². The number of carbonyl (C=O) groups is 4. The van der Waals surface area contributed by atoms with Gasteiger partial charge < -0.3 is 4.74 Å². The smallest absolute Gasteiger partial charge is 0.340 e. The molecular weight excluding hydrogens is 634 g/mol. The van der Waals surface area contributed by atoms with Crippen LogP contribution in [0.25, 0.3) is 11.1 Å². The van der Waals surface area contributed by atoms with Crippen molar-refractivity contribution in [3.8, 4) is 0 Å². The predicted molar refractivity (Wildman–Crippen MR) is 197 cm³/mol. The summed E-state index contributed by atoms with van der Waals surface area (Å²) in [6, 6.07) is 41.6. The van der Waals surface area contributed by atoms with Crippen LogP contribution in [-0.2, 0) is 30.0 Å². The normalized spacial score (nSPS) is 23.7. The zero-order valence-corrected chi connectivity index (χ0v) is 28.9. The lowest BCUT2D eigenvalue weighted by Gasteiger charge is -2.39. The molecule has 4 atom stereocenters. The summed E-state index contributed by atoms with van der Waals surface area (Å²) in [6.07, 6.45) is -0.413. The Morgan fingerprint density at radius 1 is 0.588 bits per heavy atom. The van der Waals surface area contributed by atoms with E-state index in [1.165, 1.54) is 0 Å². The number of benzene rings is 5. The second-order valence-corrected chi connectivity index (χ2v) is 14.1. The monoisotopic (exact) mass is 671 g/mol. The fraction of sp³-hybridized carbons (Fsp3) is 0.200. The third-order valence-electron chi connectivity index (χ3n) is 10.8. The van der Waals surface area contributed by atoms with Gasteiger partial charge in [-0.15, -0.1) is 0 Å². The van der Waals surface area contributed by atoms with Gasteiger partial charge in [0.2, 0.25) is 11.8 Å². The van der Waals surface area contributed by atoms with Gasteiger partial charge in [-0.3, -0.25) is 14.4 Å². The van der Waals surface area contributed by atoms with Gasteiger partial charge in [0.1, 0.15) is 0 Å². The Kier molecular flexibility index (Phi) is 7.53. The zero-order valence-electron chi connectivity index (χ0n) is 28.9. The van der Waals surface area contributed by atoms with Gasteiger partial charge in [0.05, 0.1) is 40.0 Å². The first-order valence-electron chi connectivity index (χ1n) is 17.4. The van der Waals surface area contributed by atoms with Gasteiger partial charge in [-0.2, -0.15) is 0 Å². The molecule has 2 aliphatic carbocycles. The summed E-state index contributed by atoms with van der Waals surface area (Å²) < 4.78 is 5.57. The number of imide groups is 1. The first-order chi connectivity index (χ1) is 24.6. The minimum atomic E-state index is -1.54. The number of hydrogen-bond donors (Lipinski definition) is 0. The van der Waals surface area contributed by atoms with Crippen molar-refractivity contribution >= 4 is 40.4 Å². The number of ether oxygens (including phenoxy) is 1. The molecule has 0 radical (unpaired) electrons. The second-order valence-electron chi connectivity index (χ2n) is 14.1. The van der Waals surface area contributed by atoms with Crippen molar-refractivity contribution in [2.45, 2.75) is 44.6 Å². The SMILES string of the molecule is Cc1ccc(C2=C(c3ccc(C)cc3)[C@@]3(c4ccccc4)C(=O)[C@@]2(c2ccccc2)[C@@H]2C(=O)N(c4ccccc4C(=O)OC(C)C)C(=O)[C@H]23)cc1. The standard InChI is InChI=1S/C45H37NO5/c1-27(2)51-42(49)34-17-11-12-18-35(34)46-40(47)38-39(41(46)48)45(33-15-9-6-10-16-33)37(31-25-21-29(4)22-26-31)36(30-23-19-28(3)20-24-30)44(38,43(45)50)32-13-7-5-8-14-32/h5-27,38-39H,1-4H3/t38-,39-,44+,45+/m0/s1. The van der Waals surface area contributed by atoms with E-state index in [9.17, 15) is 4.79 Å².